The minimum absolute atomic E-state index is 0.0953. The van der Waals surface area contributed by atoms with Gasteiger partial charge in [-0.25, -0.2) is 0 Å². The molecule has 0 fully saturated rings. The first kappa shape index (κ1) is 13.6. The fraction of sp³-hybridized carbons (Fsp3) is 0.286. The van der Waals surface area contributed by atoms with Crippen LogP contribution in [0.2, 0.25) is 0 Å². The second-order valence-corrected chi connectivity index (χ2v) is 7.30. The van der Waals surface area contributed by atoms with Crippen molar-refractivity contribution < 1.29 is 9.53 Å². The van der Waals surface area contributed by atoms with Crippen LogP contribution in [0.1, 0.15) is 28.5 Å². The molecule has 0 saturated carbocycles. The molecule has 1 aliphatic rings. The molecule has 104 valence electrons. The summed E-state index contributed by atoms with van der Waals surface area (Å²) in [4.78, 5) is 25.3. The van der Waals surface area contributed by atoms with Crippen LogP contribution in [0.3, 0.4) is 0 Å². The summed E-state index contributed by atoms with van der Waals surface area (Å²) < 4.78 is 7.82. The van der Waals surface area contributed by atoms with Gasteiger partial charge >= 0.3 is 5.97 Å². The van der Waals surface area contributed by atoms with Crippen molar-refractivity contribution in [2.24, 2.45) is 7.05 Å². The summed E-state index contributed by atoms with van der Waals surface area (Å²) in [7, 11) is 1.73. The topological polar surface area (TPSA) is 48.3 Å². The lowest BCUT2D eigenvalue weighted by Crippen LogP contribution is -2.31. The Balaban J connectivity index is 2.24. The van der Waals surface area contributed by atoms with Gasteiger partial charge in [-0.1, -0.05) is 0 Å². The minimum atomic E-state index is -0.292. The Morgan fingerprint density at radius 2 is 2.15 bits per heavy atom. The molecule has 0 N–H and O–H groups in total. The third kappa shape index (κ3) is 2.13. The van der Waals surface area contributed by atoms with Gasteiger partial charge in [0.2, 0.25) is 0 Å². The van der Waals surface area contributed by atoms with Crippen molar-refractivity contribution >= 4 is 33.2 Å². The van der Waals surface area contributed by atoms with Crippen molar-refractivity contribution in [3.8, 4) is 5.75 Å². The maximum atomic E-state index is 12.5. The van der Waals surface area contributed by atoms with Crippen LogP contribution < -0.4 is 10.3 Å². The highest BCUT2D eigenvalue weighted by Crippen LogP contribution is 2.40. The molecular weight excluding hydrogens is 342 g/mol. The van der Waals surface area contributed by atoms with Crippen LogP contribution in [-0.2, 0) is 11.8 Å². The van der Waals surface area contributed by atoms with Gasteiger partial charge in [-0.3, -0.25) is 9.59 Å². The second kappa shape index (κ2) is 4.86. The van der Waals surface area contributed by atoms with E-state index in [0.29, 0.717) is 11.3 Å². The molecule has 0 unspecified atom stereocenters. The van der Waals surface area contributed by atoms with E-state index >= 15 is 0 Å². The number of carbonyl (C=O) groups is 1. The summed E-state index contributed by atoms with van der Waals surface area (Å²) >= 11 is 4.96. The fourth-order valence-corrected chi connectivity index (χ4v) is 3.94. The number of ether oxygens (including phenoxy) is 1. The van der Waals surface area contributed by atoms with Crippen molar-refractivity contribution in [2.75, 3.05) is 0 Å². The van der Waals surface area contributed by atoms with Gasteiger partial charge in [0, 0.05) is 29.6 Å². The SMILES string of the molecule is Cc1cc2c(c(=O)n1C)[C@H](c1ccc(Br)s1)CC(=O)O2. The number of hydrogen-bond donors (Lipinski definition) is 0. The highest BCUT2D eigenvalue weighted by atomic mass is 79.9. The summed E-state index contributed by atoms with van der Waals surface area (Å²) in [6, 6.07) is 5.63. The van der Waals surface area contributed by atoms with Crippen LogP contribution in [0.25, 0.3) is 0 Å². The molecule has 2 aromatic heterocycles. The van der Waals surface area contributed by atoms with E-state index < -0.39 is 0 Å². The number of aryl methyl sites for hydroxylation is 1. The van der Waals surface area contributed by atoms with E-state index in [1.165, 1.54) is 11.3 Å². The van der Waals surface area contributed by atoms with Crippen LogP contribution in [0.5, 0.6) is 5.75 Å². The number of hydrogen-bond acceptors (Lipinski definition) is 4. The number of carbonyl (C=O) groups excluding carboxylic acids is 1. The Labute approximate surface area is 128 Å². The zero-order valence-corrected chi connectivity index (χ0v) is 13.4. The average Bonchev–Trinajstić information content (AvgIpc) is 2.81. The van der Waals surface area contributed by atoms with E-state index in [1.807, 2.05) is 19.1 Å². The van der Waals surface area contributed by atoms with E-state index in [1.54, 1.807) is 17.7 Å². The predicted molar refractivity (Wildman–Crippen MR) is 80.5 cm³/mol. The molecule has 3 rings (SSSR count). The van der Waals surface area contributed by atoms with E-state index in [-0.39, 0.29) is 23.9 Å². The lowest BCUT2D eigenvalue weighted by atomic mass is 9.92. The lowest BCUT2D eigenvalue weighted by Gasteiger charge is -2.24. The standard InChI is InChI=1S/C14H12BrNO3S/c1-7-5-9-13(14(18)16(7)2)8(6-12(17)19-9)10-3-4-11(15)20-10/h3-5,8H,6H2,1-2H3/t8-/m0/s1. The maximum absolute atomic E-state index is 12.5. The van der Waals surface area contributed by atoms with Crippen molar-refractivity contribution in [3.05, 3.63) is 48.5 Å². The normalized spacial score (nSPS) is 17.8. The monoisotopic (exact) mass is 353 g/mol. The molecule has 0 bridgehead atoms. The number of thiophene rings is 1. The van der Waals surface area contributed by atoms with Gasteiger partial charge in [-0.05, 0) is 35.0 Å². The number of halogens is 1. The summed E-state index contributed by atoms with van der Waals surface area (Å²) in [5.74, 6) is -0.113. The highest BCUT2D eigenvalue weighted by molar-refractivity contribution is 9.11. The second-order valence-electron chi connectivity index (χ2n) is 4.80. The molecule has 0 radical (unpaired) electrons. The minimum Gasteiger partial charge on any atom is -0.426 e. The van der Waals surface area contributed by atoms with Gasteiger partial charge < -0.3 is 9.30 Å². The molecule has 2 aromatic rings. The van der Waals surface area contributed by atoms with Gasteiger partial charge in [0.1, 0.15) is 5.75 Å². The van der Waals surface area contributed by atoms with Gasteiger partial charge in [0.25, 0.3) is 5.56 Å². The molecule has 0 spiro atoms. The Bertz CT molecular complexity index is 762. The number of esters is 1. The maximum Gasteiger partial charge on any atom is 0.312 e. The number of nitrogens with zero attached hydrogens (tertiary/aromatic N) is 1. The zero-order valence-electron chi connectivity index (χ0n) is 11.0. The molecular formula is C14H12BrNO3S. The summed E-state index contributed by atoms with van der Waals surface area (Å²) in [6.07, 6.45) is 0.207. The van der Waals surface area contributed by atoms with Gasteiger partial charge in [0.15, 0.2) is 0 Å². The smallest absolute Gasteiger partial charge is 0.312 e. The van der Waals surface area contributed by atoms with Crippen LogP contribution in [0.15, 0.2) is 26.8 Å². The molecule has 1 aliphatic heterocycles. The van der Waals surface area contributed by atoms with Crippen LogP contribution >= 0.6 is 27.3 Å². The Morgan fingerprint density at radius 3 is 2.80 bits per heavy atom. The van der Waals surface area contributed by atoms with E-state index in [0.717, 1.165) is 14.4 Å². The molecule has 0 aliphatic carbocycles. The third-order valence-corrected chi connectivity index (χ3v) is 5.29. The predicted octanol–water partition coefficient (Wildman–Crippen LogP) is 2.96. The van der Waals surface area contributed by atoms with Crippen molar-refractivity contribution in [2.45, 2.75) is 19.3 Å². The first-order chi connectivity index (χ1) is 9.47. The summed E-state index contributed by atoms with van der Waals surface area (Å²) in [6.45, 7) is 1.82. The third-order valence-electron chi connectivity index (χ3n) is 3.55. The molecule has 4 nitrogen and oxygen atoms in total. The van der Waals surface area contributed by atoms with E-state index in [9.17, 15) is 9.59 Å². The average molecular weight is 354 g/mol. The number of rotatable bonds is 1. The van der Waals surface area contributed by atoms with Gasteiger partial charge in [-0.2, -0.15) is 0 Å². The molecule has 6 heteroatoms. The summed E-state index contributed by atoms with van der Waals surface area (Å²) in [5, 5.41) is 0. The molecule has 0 saturated heterocycles. The number of pyridine rings is 1. The van der Waals surface area contributed by atoms with Crippen LogP contribution in [0.4, 0.5) is 0 Å². The number of aromatic nitrogens is 1. The lowest BCUT2D eigenvalue weighted by molar-refractivity contribution is -0.135. The Hall–Kier alpha value is -1.40. The highest BCUT2D eigenvalue weighted by Gasteiger charge is 2.32. The van der Waals surface area contributed by atoms with Crippen LogP contribution in [-0.4, -0.2) is 10.5 Å². The van der Waals surface area contributed by atoms with Crippen molar-refractivity contribution in [1.29, 1.82) is 0 Å². The molecule has 0 aromatic carbocycles. The Morgan fingerprint density at radius 1 is 1.40 bits per heavy atom. The summed E-state index contributed by atoms with van der Waals surface area (Å²) in [5.41, 5.74) is 1.25. The largest absolute Gasteiger partial charge is 0.426 e. The molecule has 0 amide bonds. The van der Waals surface area contributed by atoms with Crippen molar-refractivity contribution in [3.63, 3.8) is 0 Å². The van der Waals surface area contributed by atoms with E-state index in [4.69, 9.17) is 4.74 Å². The first-order valence-electron chi connectivity index (χ1n) is 6.14. The zero-order chi connectivity index (χ0) is 14.4. The van der Waals surface area contributed by atoms with Crippen LogP contribution in [0, 0.1) is 6.92 Å². The van der Waals surface area contributed by atoms with Gasteiger partial charge in [0.05, 0.1) is 15.8 Å². The van der Waals surface area contributed by atoms with Gasteiger partial charge in [-0.15, -0.1) is 11.3 Å². The van der Waals surface area contributed by atoms with E-state index in [2.05, 4.69) is 15.9 Å². The Kier molecular flexibility index (Phi) is 3.30. The number of fused-ring (bicyclic) bond motifs is 1. The quantitative estimate of drug-likeness (QED) is 0.740. The molecule has 3 heterocycles. The first-order valence-corrected chi connectivity index (χ1v) is 7.74. The van der Waals surface area contributed by atoms with Crippen molar-refractivity contribution in [1.82, 2.24) is 4.57 Å². The molecule has 1 atom stereocenters. The molecule has 20 heavy (non-hydrogen) atoms. The fourth-order valence-electron chi connectivity index (χ4n) is 2.41.